The van der Waals surface area contributed by atoms with Crippen LogP contribution in [0.3, 0.4) is 0 Å². The fourth-order valence-electron chi connectivity index (χ4n) is 3.08. The molecule has 0 saturated carbocycles. The highest BCUT2D eigenvalue weighted by Gasteiger charge is 2.28. The lowest BCUT2D eigenvalue weighted by molar-refractivity contribution is -0.0432. The molecule has 1 fully saturated rings. The zero-order chi connectivity index (χ0) is 22.4. The molecule has 1 aliphatic heterocycles. The summed E-state index contributed by atoms with van der Waals surface area (Å²) in [7, 11) is 0. The molecule has 0 spiro atoms. The van der Waals surface area contributed by atoms with Gasteiger partial charge in [0.25, 0.3) is 0 Å². The zero-order valence-electron chi connectivity index (χ0n) is 18.0. The average molecular weight is 429 g/mol. The van der Waals surface area contributed by atoms with Gasteiger partial charge in [0.2, 0.25) is 0 Å². The molecule has 1 unspecified atom stereocenters. The van der Waals surface area contributed by atoms with E-state index >= 15 is 0 Å². The predicted molar refractivity (Wildman–Crippen MR) is 115 cm³/mol. The number of hydrogen-bond donors (Lipinski definition) is 2. The molecule has 0 bridgehead atoms. The third kappa shape index (κ3) is 6.96. The minimum absolute atomic E-state index is 0.261. The van der Waals surface area contributed by atoms with Crippen LogP contribution in [-0.2, 0) is 16.0 Å². The van der Waals surface area contributed by atoms with Gasteiger partial charge in [-0.1, -0.05) is 24.3 Å². The molecule has 0 aromatic heterocycles. The van der Waals surface area contributed by atoms with Crippen LogP contribution in [0.15, 0.2) is 48.5 Å². The molecule has 31 heavy (non-hydrogen) atoms. The third-order valence-corrected chi connectivity index (χ3v) is 4.62. The second-order valence-corrected chi connectivity index (χ2v) is 8.34. The second kappa shape index (κ2) is 9.78. The molecule has 1 saturated heterocycles. The van der Waals surface area contributed by atoms with Crippen LogP contribution in [-0.4, -0.2) is 42.3 Å². The molecule has 2 N–H and O–H groups in total. The number of nitrogens with zero attached hydrogens (tertiary/aromatic N) is 1. The van der Waals surface area contributed by atoms with Crippen LogP contribution in [0.5, 0.6) is 0 Å². The van der Waals surface area contributed by atoms with Gasteiger partial charge in [-0.05, 0) is 56.2 Å². The number of nitrogens with one attached hydrogen (secondary N) is 2. The summed E-state index contributed by atoms with van der Waals surface area (Å²) in [4.78, 5) is 26.1. The van der Waals surface area contributed by atoms with Gasteiger partial charge in [0, 0.05) is 18.8 Å². The minimum atomic E-state index is -0.546. The van der Waals surface area contributed by atoms with E-state index in [1.165, 1.54) is 12.1 Å². The number of urea groups is 1. The first kappa shape index (κ1) is 22.6. The molecule has 7 nitrogen and oxygen atoms in total. The van der Waals surface area contributed by atoms with Crippen LogP contribution in [0.2, 0.25) is 0 Å². The van der Waals surface area contributed by atoms with Crippen molar-refractivity contribution in [3.05, 3.63) is 65.5 Å². The van der Waals surface area contributed by atoms with E-state index < -0.39 is 5.60 Å². The van der Waals surface area contributed by atoms with Crippen LogP contribution in [0.4, 0.5) is 19.7 Å². The first-order valence-corrected chi connectivity index (χ1v) is 10.2. The van der Waals surface area contributed by atoms with Gasteiger partial charge in [0.15, 0.2) is 0 Å². The zero-order valence-corrected chi connectivity index (χ0v) is 18.0. The summed E-state index contributed by atoms with van der Waals surface area (Å²) in [5, 5.41) is 5.48. The molecule has 3 rings (SSSR count). The number of amides is 3. The maximum absolute atomic E-state index is 12.9. The smallest absolute Gasteiger partial charge is 0.410 e. The number of hydrogen-bond acceptors (Lipinski definition) is 4. The molecule has 3 amide bonds. The molecule has 1 atom stereocenters. The maximum Gasteiger partial charge on any atom is 0.410 e. The lowest BCUT2D eigenvalue weighted by atomic mass is 10.1. The minimum Gasteiger partial charge on any atom is -0.444 e. The van der Waals surface area contributed by atoms with Crippen molar-refractivity contribution in [2.45, 2.75) is 39.0 Å². The van der Waals surface area contributed by atoms with Crippen LogP contribution < -0.4 is 10.6 Å². The Morgan fingerprint density at radius 3 is 2.45 bits per heavy atom. The number of morpholine rings is 1. The van der Waals surface area contributed by atoms with Crippen molar-refractivity contribution in [1.29, 1.82) is 0 Å². The summed E-state index contributed by atoms with van der Waals surface area (Å²) in [5.74, 6) is -0.315. The Morgan fingerprint density at radius 1 is 1.13 bits per heavy atom. The van der Waals surface area contributed by atoms with Crippen molar-refractivity contribution in [2.24, 2.45) is 0 Å². The Kier molecular flexibility index (Phi) is 7.12. The summed E-state index contributed by atoms with van der Waals surface area (Å²) in [6.07, 6.45) is -0.612. The molecule has 8 heteroatoms. The van der Waals surface area contributed by atoms with E-state index in [0.717, 1.165) is 11.1 Å². The Labute approximate surface area is 181 Å². The van der Waals surface area contributed by atoms with Gasteiger partial charge in [-0.2, -0.15) is 0 Å². The third-order valence-electron chi connectivity index (χ3n) is 4.62. The highest BCUT2D eigenvalue weighted by atomic mass is 19.1. The van der Waals surface area contributed by atoms with Crippen molar-refractivity contribution in [2.75, 3.05) is 25.0 Å². The highest BCUT2D eigenvalue weighted by Crippen LogP contribution is 2.25. The summed E-state index contributed by atoms with van der Waals surface area (Å²) in [5.41, 5.74) is 1.79. The topological polar surface area (TPSA) is 79.9 Å². The average Bonchev–Trinajstić information content (AvgIpc) is 2.73. The first-order chi connectivity index (χ1) is 14.7. The van der Waals surface area contributed by atoms with E-state index in [2.05, 4.69) is 10.6 Å². The van der Waals surface area contributed by atoms with E-state index in [-0.39, 0.29) is 24.0 Å². The SMILES string of the molecule is CC(C)(C)OC(=O)N1CCOC(c2ccc(NC(=O)NCc3ccc(F)cc3)cc2)C1. The highest BCUT2D eigenvalue weighted by molar-refractivity contribution is 5.89. The van der Waals surface area contributed by atoms with E-state index in [9.17, 15) is 14.0 Å². The van der Waals surface area contributed by atoms with Gasteiger partial charge in [0.1, 0.15) is 17.5 Å². The van der Waals surface area contributed by atoms with Crippen molar-refractivity contribution in [3.63, 3.8) is 0 Å². The lowest BCUT2D eigenvalue weighted by Gasteiger charge is -2.34. The number of anilines is 1. The van der Waals surface area contributed by atoms with E-state index in [4.69, 9.17) is 9.47 Å². The molecular formula is C23H28FN3O4. The van der Waals surface area contributed by atoms with Gasteiger partial charge in [-0.15, -0.1) is 0 Å². The van der Waals surface area contributed by atoms with E-state index in [1.54, 1.807) is 29.2 Å². The number of carbonyl (C=O) groups is 2. The largest absolute Gasteiger partial charge is 0.444 e. The fraction of sp³-hybridized carbons (Fsp3) is 0.391. The number of carbonyl (C=O) groups excluding carboxylic acids is 2. The molecule has 1 aliphatic rings. The van der Waals surface area contributed by atoms with Gasteiger partial charge in [-0.25, -0.2) is 14.0 Å². The summed E-state index contributed by atoms with van der Waals surface area (Å²) >= 11 is 0. The Balaban J connectivity index is 1.51. The monoisotopic (exact) mass is 429 g/mol. The van der Waals surface area contributed by atoms with Crippen LogP contribution >= 0.6 is 0 Å². The van der Waals surface area contributed by atoms with E-state index in [1.807, 2.05) is 32.9 Å². The second-order valence-electron chi connectivity index (χ2n) is 8.34. The van der Waals surface area contributed by atoms with Gasteiger partial charge < -0.3 is 25.0 Å². The molecule has 2 aromatic carbocycles. The summed E-state index contributed by atoms with van der Waals surface area (Å²) < 4.78 is 24.2. The van der Waals surface area contributed by atoms with Gasteiger partial charge >= 0.3 is 12.1 Å². The number of ether oxygens (including phenoxy) is 2. The van der Waals surface area contributed by atoms with Gasteiger partial charge in [0.05, 0.1) is 13.2 Å². The Hall–Kier alpha value is -3.13. The number of rotatable bonds is 4. The number of benzene rings is 2. The summed E-state index contributed by atoms with van der Waals surface area (Å²) in [6, 6.07) is 12.9. The van der Waals surface area contributed by atoms with Crippen LogP contribution in [0.1, 0.15) is 38.0 Å². The van der Waals surface area contributed by atoms with Crippen LogP contribution in [0.25, 0.3) is 0 Å². The van der Waals surface area contributed by atoms with E-state index in [0.29, 0.717) is 31.9 Å². The molecule has 2 aromatic rings. The van der Waals surface area contributed by atoms with Crippen molar-refractivity contribution in [1.82, 2.24) is 10.2 Å². The van der Waals surface area contributed by atoms with Crippen LogP contribution in [0, 0.1) is 5.82 Å². The molecule has 166 valence electrons. The fourth-order valence-corrected chi connectivity index (χ4v) is 3.08. The van der Waals surface area contributed by atoms with Gasteiger partial charge in [-0.3, -0.25) is 0 Å². The first-order valence-electron chi connectivity index (χ1n) is 10.2. The molecule has 0 aliphatic carbocycles. The number of halogens is 1. The predicted octanol–water partition coefficient (Wildman–Crippen LogP) is 4.46. The quantitative estimate of drug-likeness (QED) is 0.752. The Morgan fingerprint density at radius 2 is 1.81 bits per heavy atom. The molecular weight excluding hydrogens is 401 g/mol. The lowest BCUT2D eigenvalue weighted by Crippen LogP contribution is -2.44. The Bertz CT molecular complexity index is 895. The standard InChI is InChI=1S/C23H28FN3O4/c1-23(2,3)31-22(29)27-12-13-30-20(15-27)17-6-10-19(11-7-17)26-21(28)25-14-16-4-8-18(24)9-5-16/h4-11,20H,12-15H2,1-3H3,(H2,25,26,28). The maximum atomic E-state index is 12.9. The summed E-state index contributed by atoms with van der Waals surface area (Å²) in [6.45, 7) is 7.12. The van der Waals surface area contributed by atoms with Crippen molar-refractivity contribution >= 4 is 17.8 Å². The molecule has 0 radical (unpaired) electrons. The van der Waals surface area contributed by atoms with Crippen molar-refractivity contribution < 1.29 is 23.5 Å². The molecule has 1 heterocycles. The van der Waals surface area contributed by atoms with Crippen molar-refractivity contribution in [3.8, 4) is 0 Å². The normalized spacial score (nSPS) is 16.5.